The third-order valence-electron chi connectivity index (χ3n) is 6.78. The van der Waals surface area contributed by atoms with Gasteiger partial charge in [-0.1, -0.05) is 131 Å². The van der Waals surface area contributed by atoms with E-state index in [1.165, 1.54) is 4.90 Å². The van der Waals surface area contributed by atoms with Crippen LogP contribution in [0.3, 0.4) is 0 Å². The molecule has 0 unspecified atom stereocenters. The number of imide groups is 1. The molecule has 1 saturated heterocycles. The molecule has 0 bridgehead atoms. The zero-order chi connectivity index (χ0) is 25.2. The lowest BCUT2D eigenvalue weighted by molar-refractivity contribution is -0.137. The highest BCUT2D eigenvalue weighted by atomic mass is 79.9. The summed E-state index contributed by atoms with van der Waals surface area (Å²) in [7, 11) is 0. The molecule has 0 radical (unpaired) electrons. The van der Waals surface area contributed by atoms with E-state index in [1.54, 1.807) is 6.92 Å². The van der Waals surface area contributed by atoms with Crippen molar-refractivity contribution in [2.75, 3.05) is 0 Å². The Morgan fingerprint density at radius 3 is 1.53 bits per heavy atom. The summed E-state index contributed by atoms with van der Waals surface area (Å²) in [5.41, 5.74) is 1.94. The molecule has 1 aliphatic heterocycles. The molecule has 180 valence electrons. The maximum absolute atomic E-state index is 14.3. The summed E-state index contributed by atoms with van der Waals surface area (Å²) in [5, 5.41) is 0.750. The van der Waals surface area contributed by atoms with Crippen LogP contribution in [0.25, 0.3) is 0 Å². The molecule has 0 N–H and O–H groups in total. The summed E-state index contributed by atoms with van der Waals surface area (Å²) in [6, 6.07) is 37.0. The van der Waals surface area contributed by atoms with Crippen molar-refractivity contribution in [3.8, 4) is 0 Å². The third-order valence-corrected chi connectivity index (χ3v) is 7.43. The predicted molar refractivity (Wildman–Crippen MR) is 144 cm³/mol. The Bertz CT molecular complexity index is 1260. The molecule has 2 amide bonds. The Morgan fingerprint density at radius 2 is 1.11 bits per heavy atom. The first kappa shape index (κ1) is 24.0. The van der Waals surface area contributed by atoms with E-state index in [9.17, 15) is 9.59 Å². The Morgan fingerprint density at radius 1 is 0.694 bits per heavy atom. The molecule has 1 atom stereocenters. The number of carbonyl (C=O) groups excluding carboxylic acids is 2. The van der Waals surface area contributed by atoms with Gasteiger partial charge in [0, 0.05) is 11.8 Å². The second-order valence-electron chi connectivity index (χ2n) is 9.17. The number of ether oxygens (including phenoxy) is 1. The minimum Gasteiger partial charge on any atom is -0.432 e. The second-order valence-corrected chi connectivity index (χ2v) is 9.74. The number of rotatable bonds is 7. The van der Waals surface area contributed by atoms with Crippen LogP contribution in [0.2, 0.25) is 0 Å². The van der Waals surface area contributed by atoms with Crippen LogP contribution in [0.5, 0.6) is 0 Å². The standard InChI is InChI=1S/C31H26BrNO3/c1-30(21-23-17-19-24(22-32)20-18-23)28(34)33(29(35)36-30)31(25-11-5-2-6-12-25,26-13-7-3-8-14-26)27-15-9-4-10-16-27/h2-20H,21-22H2,1H3/t30-/m0/s1. The molecular formula is C31H26BrNO3. The molecule has 1 fully saturated rings. The van der Waals surface area contributed by atoms with Gasteiger partial charge in [0.25, 0.3) is 5.91 Å². The van der Waals surface area contributed by atoms with Crippen molar-refractivity contribution >= 4 is 27.9 Å². The molecular weight excluding hydrogens is 514 g/mol. The van der Waals surface area contributed by atoms with Crippen LogP contribution >= 0.6 is 15.9 Å². The van der Waals surface area contributed by atoms with Gasteiger partial charge in [0.05, 0.1) is 0 Å². The van der Waals surface area contributed by atoms with Crippen LogP contribution in [0.15, 0.2) is 115 Å². The fraction of sp³-hybridized carbons (Fsp3) is 0.161. The van der Waals surface area contributed by atoms with Crippen LogP contribution in [-0.2, 0) is 26.8 Å². The Labute approximate surface area is 219 Å². The van der Waals surface area contributed by atoms with Gasteiger partial charge in [0.1, 0.15) is 5.54 Å². The molecule has 0 aliphatic carbocycles. The lowest BCUT2D eigenvalue weighted by Gasteiger charge is -2.41. The zero-order valence-electron chi connectivity index (χ0n) is 19.9. The van der Waals surface area contributed by atoms with Crippen molar-refractivity contribution in [2.45, 2.75) is 29.8 Å². The van der Waals surface area contributed by atoms with E-state index in [1.807, 2.05) is 115 Å². The minimum absolute atomic E-state index is 0.283. The van der Waals surface area contributed by atoms with Gasteiger partial charge in [-0.15, -0.1) is 0 Å². The van der Waals surface area contributed by atoms with Gasteiger partial charge < -0.3 is 4.74 Å². The van der Waals surface area contributed by atoms with E-state index >= 15 is 0 Å². The summed E-state index contributed by atoms with van der Waals surface area (Å²) >= 11 is 3.46. The van der Waals surface area contributed by atoms with Crippen molar-refractivity contribution < 1.29 is 14.3 Å². The first-order chi connectivity index (χ1) is 17.5. The molecule has 4 nitrogen and oxygen atoms in total. The van der Waals surface area contributed by atoms with E-state index in [0.29, 0.717) is 0 Å². The van der Waals surface area contributed by atoms with Crippen molar-refractivity contribution in [1.29, 1.82) is 0 Å². The molecule has 4 aromatic rings. The number of alkyl halides is 1. The average Bonchev–Trinajstić information content (AvgIpc) is 3.15. The maximum Gasteiger partial charge on any atom is 0.419 e. The van der Waals surface area contributed by atoms with Gasteiger partial charge in [-0.3, -0.25) is 4.79 Å². The number of halogens is 1. The molecule has 1 aliphatic rings. The Kier molecular flexibility index (Phi) is 6.50. The number of benzene rings is 4. The molecule has 0 saturated carbocycles. The molecule has 0 spiro atoms. The fourth-order valence-electron chi connectivity index (χ4n) is 5.06. The highest BCUT2D eigenvalue weighted by Crippen LogP contribution is 2.46. The lowest BCUT2D eigenvalue weighted by atomic mass is 9.75. The maximum atomic E-state index is 14.3. The number of hydrogen-bond donors (Lipinski definition) is 0. The number of cyclic esters (lactones) is 1. The molecule has 5 rings (SSSR count). The zero-order valence-corrected chi connectivity index (χ0v) is 21.5. The quantitative estimate of drug-likeness (QED) is 0.190. The Balaban J connectivity index is 1.69. The average molecular weight is 540 g/mol. The van der Waals surface area contributed by atoms with Gasteiger partial charge in [-0.2, -0.15) is 0 Å². The summed E-state index contributed by atoms with van der Waals surface area (Å²) < 4.78 is 5.93. The summed E-state index contributed by atoms with van der Waals surface area (Å²) in [5.74, 6) is -0.367. The largest absolute Gasteiger partial charge is 0.432 e. The van der Waals surface area contributed by atoms with Crippen molar-refractivity contribution in [2.24, 2.45) is 0 Å². The first-order valence-corrected chi connectivity index (χ1v) is 13.0. The van der Waals surface area contributed by atoms with E-state index in [4.69, 9.17) is 4.74 Å². The molecule has 4 aromatic carbocycles. The van der Waals surface area contributed by atoms with Gasteiger partial charge in [0.15, 0.2) is 5.60 Å². The fourth-order valence-corrected chi connectivity index (χ4v) is 5.44. The Hall–Kier alpha value is -3.70. The topological polar surface area (TPSA) is 46.6 Å². The third kappa shape index (κ3) is 4.03. The highest BCUT2D eigenvalue weighted by Gasteiger charge is 2.59. The van der Waals surface area contributed by atoms with Crippen molar-refractivity contribution in [1.82, 2.24) is 4.90 Å². The van der Waals surface area contributed by atoms with Gasteiger partial charge in [-0.05, 0) is 34.7 Å². The number of hydrogen-bond acceptors (Lipinski definition) is 3. The number of carbonyl (C=O) groups is 2. The van der Waals surface area contributed by atoms with Crippen LogP contribution in [0, 0.1) is 0 Å². The van der Waals surface area contributed by atoms with Gasteiger partial charge >= 0.3 is 6.09 Å². The second kappa shape index (κ2) is 9.75. The lowest BCUT2D eigenvalue weighted by Crippen LogP contribution is -2.53. The predicted octanol–water partition coefficient (Wildman–Crippen LogP) is 6.85. The molecule has 0 aromatic heterocycles. The van der Waals surface area contributed by atoms with E-state index in [0.717, 1.165) is 33.1 Å². The van der Waals surface area contributed by atoms with E-state index in [-0.39, 0.29) is 12.3 Å². The first-order valence-electron chi connectivity index (χ1n) is 11.9. The van der Waals surface area contributed by atoms with E-state index in [2.05, 4.69) is 15.9 Å². The van der Waals surface area contributed by atoms with Crippen LogP contribution < -0.4 is 0 Å². The molecule has 36 heavy (non-hydrogen) atoms. The number of amides is 2. The van der Waals surface area contributed by atoms with Crippen LogP contribution in [0.4, 0.5) is 4.79 Å². The normalized spacial score (nSPS) is 17.8. The monoisotopic (exact) mass is 539 g/mol. The SMILES string of the molecule is C[C@@]1(Cc2ccc(CBr)cc2)OC(=O)N(C(c2ccccc2)(c2ccccc2)c2ccccc2)C1=O. The number of nitrogens with zero attached hydrogens (tertiary/aromatic N) is 1. The van der Waals surface area contributed by atoms with Gasteiger partial charge in [0.2, 0.25) is 0 Å². The smallest absolute Gasteiger partial charge is 0.419 e. The summed E-state index contributed by atoms with van der Waals surface area (Å²) in [6.07, 6.45) is -0.374. The van der Waals surface area contributed by atoms with E-state index < -0.39 is 17.2 Å². The molecule has 1 heterocycles. The molecule has 5 heteroatoms. The van der Waals surface area contributed by atoms with Crippen molar-refractivity contribution in [3.05, 3.63) is 143 Å². The van der Waals surface area contributed by atoms with Gasteiger partial charge in [-0.25, -0.2) is 9.69 Å². The minimum atomic E-state index is -1.34. The summed E-state index contributed by atoms with van der Waals surface area (Å²) in [6.45, 7) is 1.71. The summed E-state index contributed by atoms with van der Waals surface area (Å²) in [4.78, 5) is 29.4. The van der Waals surface area contributed by atoms with Crippen LogP contribution in [0.1, 0.15) is 34.7 Å². The van der Waals surface area contributed by atoms with Crippen molar-refractivity contribution in [3.63, 3.8) is 0 Å². The van der Waals surface area contributed by atoms with Crippen LogP contribution in [-0.4, -0.2) is 22.5 Å². The highest BCUT2D eigenvalue weighted by molar-refractivity contribution is 9.08.